The molecule has 0 aromatic rings. The van der Waals surface area contributed by atoms with Crippen LogP contribution < -0.4 is 0 Å². The second kappa shape index (κ2) is 4.06. The van der Waals surface area contributed by atoms with Gasteiger partial charge in [0.05, 0.1) is 6.10 Å². The van der Waals surface area contributed by atoms with E-state index in [1.165, 1.54) is 32.1 Å². The van der Waals surface area contributed by atoms with Gasteiger partial charge < -0.3 is 5.11 Å². The SMILES string of the molecule is CN(C1CCCC1)C1CCC(C)(C)C1O. The lowest BCUT2D eigenvalue weighted by Crippen LogP contribution is -2.46. The average molecular weight is 211 g/mol. The molecule has 0 aliphatic heterocycles. The number of hydrogen-bond donors (Lipinski definition) is 1. The van der Waals surface area contributed by atoms with Crippen LogP contribution in [0.15, 0.2) is 0 Å². The lowest BCUT2D eigenvalue weighted by molar-refractivity contribution is 0.0103. The summed E-state index contributed by atoms with van der Waals surface area (Å²) in [5, 5.41) is 10.3. The van der Waals surface area contributed by atoms with Gasteiger partial charge in [-0.3, -0.25) is 4.90 Å². The minimum Gasteiger partial charge on any atom is -0.391 e. The highest BCUT2D eigenvalue weighted by Gasteiger charge is 2.43. The number of aliphatic hydroxyl groups excluding tert-OH is 1. The standard InChI is InChI=1S/C13H25NO/c1-13(2)9-8-11(12(13)15)14(3)10-6-4-5-7-10/h10-12,15H,4-9H2,1-3H3. The van der Waals surface area contributed by atoms with E-state index in [0.29, 0.717) is 6.04 Å². The van der Waals surface area contributed by atoms with Crippen LogP contribution in [0.4, 0.5) is 0 Å². The van der Waals surface area contributed by atoms with Crippen LogP contribution in [0.2, 0.25) is 0 Å². The predicted octanol–water partition coefficient (Wildman–Crippen LogP) is 2.41. The smallest absolute Gasteiger partial charge is 0.0746 e. The summed E-state index contributed by atoms with van der Waals surface area (Å²) in [7, 11) is 2.21. The minimum absolute atomic E-state index is 0.123. The van der Waals surface area contributed by atoms with Crippen molar-refractivity contribution in [3.8, 4) is 0 Å². The second-order valence-corrected chi connectivity index (χ2v) is 6.14. The van der Waals surface area contributed by atoms with E-state index in [1.807, 2.05) is 0 Å². The van der Waals surface area contributed by atoms with Crippen molar-refractivity contribution in [2.75, 3.05) is 7.05 Å². The Morgan fingerprint density at radius 1 is 1.13 bits per heavy atom. The highest BCUT2D eigenvalue weighted by Crippen LogP contribution is 2.41. The molecule has 0 bridgehead atoms. The summed E-state index contributed by atoms with van der Waals surface area (Å²) in [5.74, 6) is 0. The van der Waals surface area contributed by atoms with E-state index < -0.39 is 0 Å². The summed E-state index contributed by atoms with van der Waals surface area (Å²) in [5.41, 5.74) is 0.123. The van der Waals surface area contributed by atoms with Gasteiger partial charge in [-0.25, -0.2) is 0 Å². The van der Waals surface area contributed by atoms with Crippen LogP contribution in [0, 0.1) is 5.41 Å². The lowest BCUT2D eigenvalue weighted by Gasteiger charge is -2.35. The first-order valence-corrected chi connectivity index (χ1v) is 6.42. The van der Waals surface area contributed by atoms with Gasteiger partial charge in [0, 0.05) is 12.1 Å². The number of likely N-dealkylation sites (N-methyl/N-ethyl adjacent to an activating group) is 1. The molecule has 0 saturated heterocycles. The summed E-state index contributed by atoms with van der Waals surface area (Å²) in [4.78, 5) is 2.46. The maximum atomic E-state index is 10.3. The molecule has 2 aliphatic carbocycles. The molecule has 0 radical (unpaired) electrons. The summed E-state index contributed by atoms with van der Waals surface area (Å²) < 4.78 is 0. The van der Waals surface area contributed by atoms with Crippen molar-refractivity contribution >= 4 is 0 Å². The van der Waals surface area contributed by atoms with Gasteiger partial charge in [0.25, 0.3) is 0 Å². The van der Waals surface area contributed by atoms with E-state index in [2.05, 4.69) is 25.8 Å². The molecule has 0 aromatic heterocycles. The zero-order valence-electron chi connectivity index (χ0n) is 10.4. The Morgan fingerprint density at radius 2 is 1.73 bits per heavy atom. The van der Waals surface area contributed by atoms with Crippen molar-refractivity contribution in [2.45, 2.75) is 70.6 Å². The Bertz CT molecular complexity index is 221. The summed E-state index contributed by atoms with van der Waals surface area (Å²) in [6, 6.07) is 1.14. The monoisotopic (exact) mass is 211 g/mol. The molecule has 1 N–H and O–H groups in total. The fourth-order valence-electron chi connectivity index (χ4n) is 3.36. The average Bonchev–Trinajstić information content (AvgIpc) is 2.76. The van der Waals surface area contributed by atoms with Crippen molar-refractivity contribution in [1.82, 2.24) is 4.90 Å². The summed E-state index contributed by atoms with van der Waals surface area (Å²) >= 11 is 0. The van der Waals surface area contributed by atoms with Crippen molar-refractivity contribution < 1.29 is 5.11 Å². The Balaban J connectivity index is 1.99. The van der Waals surface area contributed by atoms with Crippen molar-refractivity contribution in [3.63, 3.8) is 0 Å². The molecule has 15 heavy (non-hydrogen) atoms. The molecule has 2 fully saturated rings. The largest absolute Gasteiger partial charge is 0.391 e. The normalized spacial score (nSPS) is 36.6. The van der Waals surface area contributed by atoms with E-state index in [1.54, 1.807) is 0 Å². The van der Waals surface area contributed by atoms with Crippen LogP contribution in [0.1, 0.15) is 52.4 Å². The van der Waals surface area contributed by atoms with E-state index in [-0.39, 0.29) is 11.5 Å². The highest BCUT2D eigenvalue weighted by molar-refractivity contribution is 4.97. The summed E-state index contributed by atoms with van der Waals surface area (Å²) in [6.45, 7) is 4.39. The van der Waals surface area contributed by atoms with Crippen LogP contribution in [0.3, 0.4) is 0 Å². The van der Waals surface area contributed by atoms with Gasteiger partial charge in [-0.05, 0) is 38.1 Å². The summed E-state index contributed by atoms with van der Waals surface area (Å²) in [6.07, 6.45) is 7.61. The van der Waals surface area contributed by atoms with Gasteiger partial charge in [0.1, 0.15) is 0 Å². The van der Waals surface area contributed by atoms with Gasteiger partial charge in [-0.2, -0.15) is 0 Å². The number of aliphatic hydroxyl groups is 1. The topological polar surface area (TPSA) is 23.5 Å². The molecule has 2 atom stereocenters. The predicted molar refractivity (Wildman–Crippen MR) is 62.8 cm³/mol. The molecule has 0 spiro atoms. The van der Waals surface area contributed by atoms with E-state index in [9.17, 15) is 5.11 Å². The van der Waals surface area contributed by atoms with Crippen LogP contribution in [0.5, 0.6) is 0 Å². The molecular formula is C13H25NO. The van der Waals surface area contributed by atoms with Gasteiger partial charge in [0.15, 0.2) is 0 Å². The van der Waals surface area contributed by atoms with Crippen molar-refractivity contribution in [1.29, 1.82) is 0 Å². The fourth-order valence-corrected chi connectivity index (χ4v) is 3.36. The first-order chi connectivity index (χ1) is 7.02. The van der Waals surface area contributed by atoms with Gasteiger partial charge in [0.2, 0.25) is 0 Å². The number of nitrogens with zero attached hydrogens (tertiary/aromatic N) is 1. The van der Waals surface area contributed by atoms with Crippen LogP contribution in [-0.4, -0.2) is 35.2 Å². The molecule has 2 aliphatic rings. The van der Waals surface area contributed by atoms with Crippen LogP contribution in [0.25, 0.3) is 0 Å². The Labute approximate surface area is 93.7 Å². The van der Waals surface area contributed by atoms with Gasteiger partial charge in [-0.15, -0.1) is 0 Å². The van der Waals surface area contributed by atoms with Crippen molar-refractivity contribution in [3.05, 3.63) is 0 Å². The molecule has 0 amide bonds. The van der Waals surface area contributed by atoms with Crippen LogP contribution >= 0.6 is 0 Å². The minimum atomic E-state index is -0.136. The maximum Gasteiger partial charge on any atom is 0.0746 e. The van der Waals surface area contributed by atoms with E-state index in [0.717, 1.165) is 12.5 Å². The lowest BCUT2D eigenvalue weighted by atomic mass is 9.88. The van der Waals surface area contributed by atoms with Crippen LogP contribution in [-0.2, 0) is 0 Å². The van der Waals surface area contributed by atoms with Crippen molar-refractivity contribution in [2.24, 2.45) is 5.41 Å². The molecule has 0 aromatic carbocycles. The molecular weight excluding hydrogens is 186 g/mol. The Hall–Kier alpha value is -0.0800. The number of rotatable bonds is 2. The second-order valence-electron chi connectivity index (χ2n) is 6.14. The quantitative estimate of drug-likeness (QED) is 0.758. The maximum absolute atomic E-state index is 10.3. The molecule has 2 unspecified atom stereocenters. The molecule has 2 nitrogen and oxygen atoms in total. The zero-order valence-corrected chi connectivity index (χ0v) is 10.4. The third kappa shape index (κ3) is 2.07. The fraction of sp³-hybridized carbons (Fsp3) is 1.00. The zero-order chi connectivity index (χ0) is 11.1. The molecule has 2 saturated carbocycles. The highest BCUT2D eigenvalue weighted by atomic mass is 16.3. The first-order valence-electron chi connectivity index (χ1n) is 6.42. The number of hydrogen-bond acceptors (Lipinski definition) is 2. The van der Waals surface area contributed by atoms with E-state index in [4.69, 9.17) is 0 Å². The Morgan fingerprint density at radius 3 is 2.20 bits per heavy atom. The van der Waals surface area contributed by atoms with Gasteiger partial charge >= 0.3 is 0 Å². The third-order valence-electron chi connectivity index (χ3n) is 4.67. The molecule has 0 heterocycles. The molecule has 2 heteroatoms. The van der Waals surface area contributed by atoms with Gasteiger partial charge in [-0.1, -0.05) is 26.7 Å². The molecule has 88 valence electrons. The Kier molecular flexibility index (Phi) is 3.09. The third-order valence-corrected chi connectivity index (χ3v) is 4.67. The first kappa shape index (κ1) is 11.4. The molecule has 2 rings (SSSR count). The van der Waals surface area contributed by atoms with E-state index >= 15 is 0 Å².